The number of sulfonamides is 1. The van der Waals surface area contributed by atoms with Crippen molar-refractivity contribution < 1.29 is 85.0 Å². The van der Waals surface area contributed by atoms with Crippen LogP contribution in [-0.2, 0) is 72.2 Å². The summed E-state index contributed by atoms with van der Waals surface area (Å²) in [7, 11) is -8.65. The number of aromatic nitrogens is 5. The van der Waals surface area contributed by atoms with Gasteiger partial charge in [-0.2, -0.15) is 49.6 Å². The van der Waals surface area contributed by atoms with Gasteiger partial charge in [-0.1, -0.05) is 23.7 Å². The molecule has 2 amide bonds. The number of hydrogen-bond donors (Lipinski definition) is 2. The number of sulfone groups is 1. The molecule has 1 saturated carbocycles. The van der Waals surface area contributed by atoms with Crippen molar-refractivity contribution in [1.29, 1.82) is 0 Å². The first-order valence-corrected chi connectivity index (χ1v) is 25.9. The minimum absolute atomic E-state index is 0.0299. The van der Waals surface area contributed by atoms with Gasteiger partial charge in [0.25, 0.3) is 5.92 Å². The summed E-state index contributed by atoms with van der Waals surface area (Å²) in [5, 5.41) is 17.5. The number of pyridine rings is 1. The summed E-state index contributed by atoms with van der Waals surface area (Å²) in [5.41, 5.74) is -5.47. The first kappa shape index (κ1) is 54.7. The lowest BCUT2D eigenvalue weighted by Crippen LogP contribution is -2.37. The number of amides is 2. The average molecular weight is 1100 g/mol. The molecular formula is C44H42ClF10N7O9S2. The molecule has 0 bridgehead atoms. The van der Waals surface area contributed by atoms with Crippen molar-refractivity contribution >= 4 is 66.2 Å². The SMILES string of the molecule is CC(C)(CCc1ccc(-c2ccc(Cl)c3c(N(C(=O)OCCCC(=O)O)S(C)(=O)=O)nn(CC(F)(F)F)c23)c([C@H](Cc2cc(F)cc(F)c2)NC(=O)Cn2nc(C(F)(F)F)c3c2C(F)(F)[C@@H]2C[C@H]32)n1)S(C)(=O)=O. The molecule has 3 aromatic heterocycles. The Labute approximate surface area is 413 Å². The number of aliphatic carboxylic acids is 1. The van der Waals surface area contributed by atoms with Crippen molar-refractivity contribution in [1.82, 2.24) is 29.9 Å². The summed E-state index contributed by atoms with van der Waals surface area (Å²) in [6, 6.07) is 5.02. The van der Waals surface area contributed by atoms with Gasteiger partial charge in [-0.05, 0) is 81.7 Å². The number of nitrogens with one attached hydrogen (secondary N) is 1. The predicted molar refractivity (Wildman–Crippen MR) is 240 cm³/mol. The first-order valence-electron chi connectivity index (χ1n) is 21.7. The van der Waals surface area contributed by atoms with Gasteiger partial charge in [0.15, 0.2) is 21.3 Å². The van der Waals surface area contributed by atoms with Crippen molar-refractivity contribution in [2.75, 3.05) is 23.4 Å². The third-order valence-electron chi connectivity index (χ3n) is 12.4. The Hall–Kier alpha value is -6.03. The van der Waals surface area contributed by atoms with Crippen molar-refractivity contribution in [2.24, 2.45) is 5.92 Å². The zero-order chi connectivity index (χ0) is 54.1. The van der Waals surface area contributed by atoms with E-state index in [9.17, 15) is 66.3 Å². The predicted octanol–water partition coefficient (Wildman–Crippen LogP) is 8.64. The number of fused-ring (bicyclic) bond motifs is 4. The molecule has 7 rings (SSSR count). The summed E-state index contributed by atoms with van der Waals surface area (Å²) in [4.78, 5) is 43.3. The van der Waals surface area contributed by atoms with E-state index >= 15 is 8.78 Å². The molecule has 16 nitrogen and oxygen atoms in total. The molecule has 29 heteroatoms. The Bertz CT molecular complexity index is 3250. The molecule has 5 aromatic rings. The van der Waals surface area contributed by atoms with Crippen LogP contribution in [0.3, 0.4) is 0 Å². The fourth-order valence-electron chi connectivity index (χ4n) is 8.64. The summed E-state index contributed by atoms with van der Waals surface area (Å²) >= 11 is 6.60. The summed E-state index contributed by atoms with van der Waals surface area (Å²) in [6.45, 7) is -1.19. The summed E-state index contributed by atoms with van der Waals surface area (Å²) < 4.78 is 203. The zero-order valence-electron chi connectivity index (χ0n) is 38.5. The number of alkyl halides is 8. The Morgan fingerprint density at radius 2 is 1.60 bits per heavy atom. The number of halogens is 11. The van der Waals surface area contributed by atoms with Gasteiger partial charge in [-0.3, -0.25) is 23.9 Å². The van der Waals surface area contributed by atoms with Crippen molar-refractivity contribution in [3.63, 3.8) is 0 Å². The molecule has 0 spiro atoms. The fraction of sp³-hybridized carbons (Fsp3) is 0.455. The molecule has 0 saturated heterocycles. The van der Waals surface area contributed by atoms with E-state index in [1.54, 1.807) is 0 Å². The highest BCUT2D eigenvalue weighted by molar-refractivity contribution is 7.92. The van der Waals surface area contributed by atoms with Crippen LogP contribution in [0.2, 0.25) is 5.02 Å². The molecule has 0 radical (unpaired) electrons. The lowest BCUT2D eigenvalue weighted by molar-refractivity contribution is -0.143. The number of anilines is 1. The Morgan fingerprint density at radius 3 is 2.19 bits per heavy atom. The lowest BCUT2D eigenvalue weighted by Gasteiger charge is -2.25. The van der Waals surface area contributed by atoms with Crippen LogP contribution in [-0.4, -0.2) is 94.5 Å². The van der Waals surface area contributed by atoms with Gasteiger partial charge in [-0.25, -0.2) is 30.4 Å². The maximum Gasteiger partial charge on any atom is 0.435 e. The van der Waals surface area contributed by atoms with E-state index in [0.29, 0.717) is 12.3 Å². The molecule has 2 aliphatic carbocycles. The van der Waals surface area contributed by atoms with E-state index in [2.05, 4.69) is 20.5 Å². The second kappa shape index (κ2) is 19.3. The highest BCUT2D eigenvalue weighted by Crippen LogP contribution is 2.68. The molecule has 73 heavy (non-hydrogen) atoms. The van der Waals surface area contributed by atoms with E-state index < -0.39 is 167 Å². The highest BCUT2D eigenvalue weighted by atomic mass is 35.5. The fourth-order valence-corrected chi connectivity index (χ4v) is 10.1. The molecule has 2 aliphatic rings. The number of carbonyl (C=O) groups excluding carboxylic acids is 2. The molecule has 3 atom stereocenters. The van der Waals surface area contributed by atoms with Crippen LogP contribution < -0.4 is 9.62 Å². The van der Waals surface area contributed by atoms with Gasteiger partial charge in [0.05, 0.1) is 45.3 Å². The molecule has 396 valence electrons. The van der Waals surface area contributed by atoms with Crippen LogP contribution in [0.4, 0.5) is 54.5 Å². The Kier molecular flexibility index (Phi) is 14.5. The van der Waals surface area contributed by atoms with Crippen LogP contribution in [0, 0.1) is 17.6 Å². The minimum Gasteiger partial charge on any atom is -0.481 e. The number of nitrogens with zero attached hydrogens (tertiary/aromatic N) is 6. The molecule has 0 aliphatic heterocycles. The number of benzene rings is 2. The maximum atomic E-state index is 15.6. The smallest absolute Gasteiger partial charge is 0.435 e. The lowest BCUT2D eigenvalue weighted by atomic mass is 9.93. The number of carbonyl (C=O) groups is 3. The van der Waals surface area contributed by atoms with E-state index in [1.165, 1.54) is 26.0 Å². The van der Waals surface area contributed by atoms with E-state index in [4.69, 9.17) is 21.4 Å². The molecule has 0 unspecified atom stereocenters. The van der Waals surface area contributed by atoms with E-state index in [-0.39, 0.29) is 61.7 Å². The van der Waals surface area contributed by atoms with Crippen molar-refractivity contribution in [2.45, 2.75) is 100 Å². The maximum absolute atomic E-state index is 15.6. The van der Waals surface area contributed by atoms with Gasteiger partial charge >= 0.3 is 24.4 Å². The number of rotatable bonds is 18. The monoisotopic (exact) mass is 1100 g/mol. The minimum atomic E-state index is -5.22. The highest BCUT2D eigenvalue weighted by Gasteiger charge is 2.68. The van der Waals surface area contributed by atoms with E-state index in [0.717, 1.165) is 30.5 Å². The Morgan fingerprint density at radius 1 is 0.959 bits per heavy atom. The first-order chi connectivity index (χ1) is 33.6. The largest absolute Gasteiger partial charge is 0.481 e. The number of aryl methyl sites for hydroxylation is 1. The number of carboxylic acids is 1. The number of ether oxygens (including phenoxy) is 1. The van der Waals surface area contributed by atoms with E-state index in [1.807, 2.05) is 0 Å². The van der Waals surface area contributed by atoms with Gasteiger partial charge < -0.3 is 15.2 Å². The molecule has 2 aromatic carbocycles. The second-order valence-corrected chi connectivity index (χ2v) is 23.1. The van der Waals surface area contributed by atoms with Gasteiger partial charge in [0.1, 0.15) is 30.4 Å². The topological polar surface area (TPSA) is 213 Å². The van der Waals surface area contributed by atoms with Crippen LogP contribution >= 0.6 is 11.6 Å². The van der Waals surface area contributed by atoms with Crippen molar-refractivity contribution in [3.8, 4) is 11.1 Å². The van der Waals surface area contributed by atoms with Gasteiger partial charge in [0.2, 0.25) is 15.9 Å². The molecule has 3 heterocycles. The zero-order valence-corrected chi connectivity index (χ0v) is 40.9. The van der Waals surface area contributed by atoms with Gasteiger partial charge in [-0.15, -0.1) is 0 Å². The molecule has 2 N–H and O–H groups in total. The third-order valence-corrected chi connectivity index (χ3v) is 15.9. The average Bonchev–Trinajstić information content (AvgIpc) is 3.75. The van der Waals surface area contributed by atoms with Crippen molar-refractivity contribution in [3.05, 3.63) is 93.0 Å². The summed E-state index contributed by atoms with van der Waals surface area (Å²) in [6.07, 6.45) is -12.8. The van der Waals surface area contributed by atoms with Gasteiger partial charge in [0, 0.05) is 47.0 Å². The second-order valence-electron chi connectivity index (χ2n) is 18.3. The number of hydrogen-bond acceptors (Lipinski definition) is 11. The molecular weight excluding hydrogens is 1060 g/mol. The quantitative estimate of drug-likeness (QED) is 0.0624. The van der Waals surface area contributed by atoms with Crippen LogP contribution in [0.15, 0.2) is 42.5 Å². The number of carboxylic acid groups (broad SMARTS) is 1. The third kappa shape index (κ3) is 11.5. The molecule has 1 fully saturated rings. The van der Waals surface area contributed by atoms with Crippen LogP contribution in [0.1, 0.15) is 85.4 Å². The summed E-state index contributed by atoms with van der Waals surface area (Å²) in [5.74, 6) is -12.5. The normalized spacial score (nSPS) is 17.0. The standard InChI is InChI=1S/C44H42ClF10N7O9S2/c1-41(2,72(3,67)68)12-11-24-7-8-25(26-9-10-29(45)34-36(26)61(20-42(48,49)50)59-39(34)62(73(4,69)70)40(66)71-13-5-6-32(64)65)35(56-24)30(16-21-14-22(46)17-23(47)15-21)57-31(63)19-60-38-33(37(58-60)44(53,54)55)27-18-28(27)43(38,51)52/h7-10,14-15,17,27-28,30H,5-6,11-13,16,18-20H2,1-4H3,(H,57,63)(H,64,65)/t27-,28+,30-/m0/s1. The van der Waals surface area contributed by atoms with Crippen LogP contribution in [0.25, 0.3) is 22.0 Å². The Balaban J connectivity index is 1.45. The van der Waals surface area contributed by atoms with Crippen LogP contribution in [0.5, 0.6) is 0 Å².